The minimum atomic E-state index is -0.171. The highest BCUT2D eigenvalue weighted by molar-refractivity contribution is 7.12. The maximum atomic E-state index is 13.1. The molecule has 2 aromatic carbocycles. The molecule has 30 heavy (non-hydrogen) atoms. The molecule has 0 N–H and O–H groups in total. The molecule has 5 rings (SSSR count). The normalized spacial score (nSPS) is 14.3. The molecule has 0 bridgehead atoms. The molecule has 0 spiro atoms. The highest BCUT2D eigenvalue weighted by Crippen LogP contribution is 2.28. The first kappa shape index (κ1) is 18.6. The van der Waals surface area contributed by atoms with Gasteiger partial charge >= 0.3 is 0 Å². The Balaban J connectivity index is 1.33. The molecule has 3 heterocycles. The van der Waals surface area contributed by atoms with E-state index in [-0.39, 0.29) is 11.8 Å². The van der Waals surface area contributed by atoms with Gasteiger partial charge < -0.3 is 14.2 Å². The van der Waals surface area contributed by atoms with E-state index in [9.17, 15) is 9.59 Å². The van der Waals surface area contributed by atoms with E-state index in [2.05, 4.69) is 4.98 Å². The Kier molecular flexibility index (Phi) is 4.80. The van der Waals surface area contributed by atoms with Crippen molar-refractivity contribution in [2.24, 2.45) is 0 Å². The second-order valence-electron chi connectivity index (χ2n) is 7.15. The van der Waals surface area contributed by atoms with Gasteiger partial charge in [-0.1, -0.05) is 42.5 Å². The fourth-order valence-electron chi connectivity index (χ4n) is 3.75. The Labute approximate surface area is 177 Å². The lowest BCUT2D eigenvalue weighted by atomic mass is 10.0. The molecule has 1 saturated heterocycles. The third kappa shape index (κ3) is 3.37. The molecule has 0 saturated carbocycles. The van der Waals surface area contributed by atoms with Crippen LogP contribution >= 0.6 is 11.3 Å². The molecular weight excluding hydrogens is 398 g/mol. The Morgan fingerprint density at radius 3 is 2.33 bits per heavy atom. The van der Waals surface area contributed by atoms with Crippen LogP contribution in [0.15, 0.2) is 70.8 Å². The SMILES string of the molecule is O=C(c1cccs1)N1CCN(C(=O)c2ncoc2-c2ccc3ccccc3c2)CC1. The molecule has 6 nitrogen and oxygen atoms in total. The molecule has 150 valence electrons. The highest BCUT2D eigenvalue weighted by atomic mass is 32.1. The monoisotopic (exact) mass is 417 g/mol. The number of carbonyl (C=O) groups is 2. The van der Waals surface area contributed by atoms with Gasteiger partial charge in [-0.3, -0.25) is 9.59 Å². The molecule has 1 aliphatic rings. The topological polar surface area (TPSA) is 66.7 Å². The summed E-state index contributed by atoms with van der Waals surface area (Å²) in [6, 6.07) is 17.7. The maximum Gasteiger partial charge on any atom is 0.276 e. The van der Waals surface area contributed by atoms with Crippen LogP contribution in [0.25, 0.3) is 22.1 Å². The number of hydrogen-bond donors (Lipinski definition) is 0. The van der Waals surface area contributed by atoms with Gasteiger partial charge in [-0.2, -0.15) is 0 Å². The van der Waals surface area contributed by atoms with Crippen molar-refractivity contribution in [1.82, 2.24) is 14.8 Å². The predicted octanol–water partition coefficient (Wildman–Crippen LogP) is 4.15. The van der Waals surface area contributed by atoms with Gasteiger partial charge in [-0.25, -0.2) is 4.98 Å². The highest BCUT2D eigenvalue weighted by Gasteiger charge is 2.29. The molecule has 2 aromatic heterocycles. The summed E-state index contributed by atoms with van der Waals surface area (Å²) in [5.41, 5.74) is 1.13. The van der Waals surface area contributed by atoms with Crippen LogP contribution in [0.3, 0.4) is 0 Å². The molecule has 1 aliphatic heterocycles. The summed E-state index contributed by atoms with van der Waals surface area (Å²) in [5, 5.41) is 4.09. The Morgan fingerprint density at radius 1 is 0.867 bits per heavy atom. The molecule has 0 radical (unpaired) electrons. The number of thiophene rings is 1. The van der Waals surface area contributed by atoms with Crippen LogP contribution < -0.4 is 0 Å². The van der Waals surface area contributed by atoms with Crippen LogP contribution in [0.1, 0.15) is 20.2 Å². The van der Waals surface area contributed by atoms with E-state index in [1.807, 2.05) is 60.0 Å². The smallest absolute Gasteiger partial charge is 0.276 e. The Bertz CT molecular complexity index is 1210. The van der Waals surface area contributed by atoms with Gasteiger partial charge in [0.1, 0.15) is 0 Å². The lowest BCUT2D eigenvalue weighted by molar-refractivity contribution is 0.0535. The summed E-state index contributed by atoms with van der Waals surface area (Å²) in [6.45, 7) is 1.96. The molecule has 0 aliphatic carbocycles. The van der Waals surface area contributed by atoms with Crippen molar-refractivity contribution in [3.8, 4) is 11.3 Å². The first-order valence-electron chi connectivity index (χ1n) is 9.75. The molecule has 0 atom stereocenters. The lowest BCUT2D eigenvalue weighted by Gasteiger charge is -2.34. The second-order valence-corrected chi connectivity index (χ2v) is 8.10. The summed E-state index contributed by atoms with van der Waals surface area (Å²) < 4.78 is 5.60. The van der Waals surface area contributed by atoms with Crippen molar-refractivity contribution in [3.05, 3.63) is 76.9 Å². The summed E-state index contributed by atoms with van der Waals surface area (Å²) in [5.74, 6) is 0.327. The minimum absolute atomic E-state index is 0.0235. The Hall–Kier alpha value is -3.45. The van der Waals surface area contributed by atoms with Crippen LogP contribution in [-0.4, -0.2) is 52.8 Å². The van der Waals surface area contributed by atoms with Gasteiger partial charge in [-0.15, -0.1) is 11.3 Å². The number of nitrogens with zero attached hydrogens (tertiary/aromatic N) is 3. The van der Waals surface area contributed by atoms with Crippen LogP contribution in [0.5, 0.6) is 0 Å². The number of piperazine rings is 1. The van der Waals surface area contributed by atoms with Crippen molar-refractivity contribution in [2.45, 2.75) is 0 Å². The molecule has 0 unspecified atom stereocenters. The summed E-state index contributed by atoms with van der Waals surface area (Å²) in [6.07, 6.45) is 1.31. The van der Waals surface area contributed by atoms with Crippen LogP contribution in [0, 0.1) is 0 Å². The minimum Gasteiger partial charge on any atom is -0.443 e. The van der Waals surface area contributed by atoms with E-state index in [1.54, 1.807) is 9.80 Å². The zero-order chi connectivity index (χ0) is 20.5. The molecule has 1 fully saturated rings. The van der Waals surface area contributed by atoms with Gasteiger partial charge in [0.15, 0.2) is 17.8 Å². The average Bonchev–Trinajstić information content (AvgIpc) is 3.50. The summed E-state index contributed by atoms with van der Waals surface area (Å²) >= 11 is 1.44. The standard InChI is InChI=1S/C23H19N3O3S/c27-22(19-6-3-13-30-19)25-9-11-26(12-10-25)23(28)20-21(29-15-24-20)18-8-7-16-4-1-2-5-17(16)14-18/h1-8,13-15H,9-12H2. The zero-order valence-corrected chi connectivity index (χ0v) is 17.0. The van der Waals surface area contributed by atoms with Gasteiger partial charge in [-0.05, 0) is 28.3 Å². The van der Waals surface area contributed by atoms with E-state index < -0.39 is 0 Å². The van der Waals surface area contributed by atoms with Gasteiger partial charge in [0.2, 0.25) is 0 Å². The van der Waals surface area contributed by atoms with Crippen molar-refractivity contribution in [3.63, 3.8) is 0 Å². The van der Waals surface area contributed by atoms with E-state index in [0.717, 1.165) is 21.2 Å². The number of rotatable bonds is 3. The van der Waals surface area contributed by atoms with E-state index in [4.69, 9.17) is 4.42 Å². The summed E-state index contributed by atoms with van der Waals surface area (Å²) in [4.78, 5) is 34.1. The van der Waals surface area contributed by atoms with Crippen LogP contribution in [0.2, 0.25) is 0 Å². The second kappa shape index (κ2) is 7.76. The fourth-order valence-corrected chi connectivity index (χ4v) is 4.44. The predicted molar refractivity (Wildman–Crippen MR) is 116 cm³/mol. The van der Waals surface area contributed by atoms with Crippen molar-refractivity contribution in [2.75, 3.05) is 26.2 Å². The van der Waals surface area contributed by atoms with Crippen molar-refractivity contribution >= 4 is 33.9 Å². The molecule has 7 heteroatoms. The number of carbonyl (C=O) groups excluding carboxylic acids is 2. The number of oxazole rings is 1. The maximum absolute atomic E-state index is 13.1. The summed E-state index contributed by atoms with van der Waals surface area (Å²) in [7, 11) is 0. The van der Waals surface area contributed by atoms with Gasteiger partial charge in [0, 0.05) is 31.7 Å². The molecule has 2 amide bonds. The first-order chi connectivity index (χ1) is 14.7. The van der Waals surface area contributed by atoms with Gasteiger partial charge in [0.05, 0.1) is 4.88 Å². The Morgan fingerprint density at radius 2 is 1.60 bits per heavy atom. The number of fused-ring (bicyclic) bond motifs is 1. The first-order valence-corrected chi connectivity index (χ1v) is 10.6. The number of aromatic nitrogens is 1. The van der Waals surface area contributed by atoms with Crippen LogP contribution in [0.4, 0.5) is 0 Å². The quantitative estimate of drug-likeness (QED) is 0.502. The number of benzene rings is 2. The van der Waals surface area contributed by atoms with Crippen LogP contribution in [-0.2, 0) is 0 Å². The molecular formula is C23H19N3O3S. The lowest BCUT2D eigenvalue weighted by Crippen LogP contribution is -2.50. The van der Waals surface area contributed by atoms with Gasteiger partial charge in [0.25, 0.3) is 11.8 Å². The largest absolute Gasteiger partial charge is 0.443 e. The average molecular weight is 417 g/mol. The van der Waals surface area contributed by atoms with E-state index >= 15 is 0 Å². The third-order valence-electron chi connectivity index (χ3n) is 5.37. The van der Waals surface area contributed by atoms with Crippen molar-refractivity contribution < 1.29 is 14.0 Å². The van der Waals surface area contributed by atoms with E-state index in [1.165, 1.54) is 17.7 Å². The van der Waals surface area contributed by atoms with Crippen molar-refractivity contribution in [1.29, 1.82) is 0 Å². The zero-order valence-electron chi connectivity index (χ0n) is 16.2. The fraction of sp³-hybridized carbons (Fsp3) is 0.174. The van der Waals surface area contributed by atoms with E-state index in [0.29, 0.717) is 37.6 Å². The third-order valence-corrected chi connectivity index (χ3v) is 6.23. The number of hydrogen-bond acceptors (Lipinski definition) is 5. The number of amides is 2. The molecule has 4 aromatic rings.